The first-order chi connectivity index (χ1) is 9.76. The van der Waals surface area contributed by atoms with Crippen molar-refractivity contribution in [3.8, 4) is 5.95 Å². The van der Waals surface area contributed by atoms with Crippen LogP contribution < -0.4 is 10.6 Å². The number of nitrogens with zero attached hydrogens (tertiary/aromatic N) is 6. The molecule has 0 saturated carbocycles. The van der Waals surface area contributed by atoms with Crippen molar-refractivity contribution in [2.75, 3.05) is 23.7 Å². The summed E-state index contributed by atoms with van der Waals surface area (Å²) in [6, 6.07) is 0. The second kappa shape index (κ2) is 5.44. The molecule has 2 aromatic heterocycles. The number of nitrogen functional groups attached to an aromatic ring is 1. The fraction of sp³-hybridized carbons (Fsp3) is 0.538. The molecule has 2 aromatic rings. The Balaban J connectivity index is 1.84. The SMILES string of the molecule is CCCC1CCN(c2nc(N)nc(-n3ccnc3)n2)C1. The van der Waals surface area contributed by atoms with Crippen LogP contribution in [0.15, 0.2) is 18.7 Å². The Kier molecular flexibility index (Phi) is 3.49. The molecule has 1 aliphatic heterocycles. The smallest absolute Gasteiger partial charge is 0.241 e. The molecule has 2 N–H and O–H groups in total. The van der Waals surface area contributed by atoms with Crippen LogP contribution in [0.5, 0.6) is 0 Å². The molecule has 1 aliphatic rings. The van der Waals surface area contributed by atoms with Crippen molar-refractivity contribution >= 4 is 11.9 Å². The van der Waals surface area contributed by atoms with Gasteiger partial charge >= 0.3 is 0 Å². The normalized spacial score (nSPS) is 18.6. The van der Waals surface area contributed by atoms with Gasteiger partial charge in [0, 0.05) is 25.5 Å². The molecule has 3 rings (SSSR count). The van der Waals surface area contributed by atoms with Crippen molar-refractivity contribution in [1.82, 2.24) is 24.5 Å². The summed E-state index contributed by atoms with van der Waals surface area (Å²) >= 11 is 0. The van der Waals surface area contributed by atoms with Crippen LogP contribution in [0.1, 0.15) is 26.2 Å². The Morgan fingerprint density at radius 1 is 1.30 bits per heavy atom. The zero-order valence-corrected chi connectivity index (χ0v) is 11.6. The molecule has 0 radical (unpaired) electrons. The van der Waals surface area contributed by atoms with Gasteiger partial charge in [-0.1, -0.05) is 13.3 Å². The van der Waals surface area contributed by atoms with Gasteiger partial charge in [-0.05, 0) is 18.8 Å². The van der Waals surface area contributed by atoms with Gasteiger partial charge in [0.2, 0.25) is 17.8 Å². The maximum absolute atomic E-state index is 5.80. The molecular weight excluding hydrogens is 254 g/mol. The van der Waals surface area contributed by atoms with Crippen LogP contribution in [0.2, 0.25) is 0 Å². The van der Waals surface area contributed by atoms with Gasteiger partial charge in [-0.25, -0.2) is 4.98 Å². The Morgan fingerprint density at radius 3 is 2.90 bits per heavy atom. The van der Waals surface area contributed by atoms with E-state index in [2.05, 4.69) is 31.8 Å². The van der Waals surface area contributed by atoms with E-state index in [1.54, 1.807) is 23.3 Å². The minimum atomic E-state index is 0.248. The second-order valence-electron chi connectivity index (χ2n) is 5.15. The molecule has 0 bridgehead atoms. The lowest BCUT2D eigenvalue weighted by molar-refractivity contribution is 0.529. The minimum Gasteiger partial charge on any atom is -0.368 e. The van der Waals surface area contributed by atoms with E-state index < -0.39 is 0 Å². The molecule has 7 heteroatoms. The first kappa shape index (κ1) is 12.8. The number of anilines is 2. The topological polar surface area (TPSA) is 85.8 Å². The Bertz CT molecular complexity index is 566. The monoisotopic (exact) mass is 273 g/mol. The van der Waals surface area contributed by atoms with E-state index in [0.717, 1.165) is 19.0 Å². The van der Waals surface area contributed by atoms with E-state index in [4.69, 9.17) is 5.73 Å². The van der Waals surface area contributed by atoms with Crippen LogP contribution >= 0.6 is 0 Å². The maximum Gasteiger partial charge on any atom is 0.241 e. The van der Waals surface area contributed by atoms with Crippen LogP contribution in [0.3, 0.4) is 0 Å². The van der Waals surface area contributed by atoms with Gasteiger partial charge in [-0.2, -0.15) is 15.0 Å². The summed E-state index contributed by atoms with van der Waals surface area (Å²) in [6.45, 7) is 4.21. The van der Waals surface area contributed by atoms with Gasteiger partial charge in [-0.3, -0.25) is 4.57 Å². The number of hydrogen-bond acceptors (Lipinski definition) is 6. The molecule has 7 nitrogen and oxygen atoms in total. The average molecular weight is 273 g/mol. The fourth-order valence-corrected chi connectivity index (χ4v) is 2.66. The van der Waals surface area contributed by atoms with Crippen LogP contribution in [-0.2, 0) is 0 Å². The second-order valence-corrected chi connectivity index (χ2v) is 5.15. The molecule has 20 heavy (non-hydrogen) atoms. The van der Waals surface area contributed by atoms with Gasteiger partial charge in [0.1, 0.15) is 6.33 Å². The van der Waals surface area contributed by atoms with E-state index in [1.807, 2.05) is 0 Å². The Labute approximate surface area is 117 Å². The van der Waals surface area contributed by atoms with Crippen molar-refractivity contribution in [2.24, 2.45) is 5.92 Å². The molecule has 1 fully saturated rings. The van der Waals surface area contributed by atoms with E-state index in [-0.39, 0.29) is 5.95 Å². The lowest BCUT2D eigenvalue weighted by Crippen LogP contribution is -2.23. The maximum atomic E-state index is 5.80. The van der Waals surface area contributed by atoms with Crippen molar-refractivity contribution in [3.63, 3.8) is 0 Å². The first-order valence-electron chi connectivity index (χ1n) is 7.01. The van der Waals surface area contributed by atoms with E-state index in [1.165, 1.54) is 19.3 Å². The van der Waals surface area contributed by atoms with Gasteiger partial charge in [-0.15, -0.1) is 0 Å². The highest BCUT2D eigenvalue weighted by Gasteiger charge is 2.24. The van der Waals surface area contributed by atoms with Crippen LogP contribution in [0, 0.1) is 5.92 Å². The predicted octanol–water partition coefficient (Wildman–Crippen LogP) is 1.27. The summed E-state index contributed by atoms with van der Waals surface area (Å²) in [5, 5.41) is 0. The summed E-state index contributed by atoms with van der Waals surface area (Å²) in [5.41, 5.74) is 5.80. The van der Waals surface area contributed by atoms with Crippen LogP contribution in [0.4, 0.5) is 11.9 Å². The highest BCUT2D eigenvalue weighted by atomic mass is 15.3. The lowest BCUT2D eigenvalue weighted by atomic mass is 10.0. The third kappa shape index (κ3) is 2.56. The Hall–Kier alpha value is -2.18. The zero-order chi connectivity index (χ0) is 13.9. The molecule has 0 aromatic carbocycles. The number of nitrogens with two attached hydrogens (primary N) is 1. The molecule has 1 saturated heterocycles. The van der Waals surface area contributed by atoms with Crippen molar-refractivity contribution in [3.05, 3.63) is 18.7 Å². The summed E-state index contributed by atoms with van der Waals surface area (Å²) < 4.78 is 1.74. The molecule has 106 valence electrons. The summed E-state index contributed by atoms with van der Waals surface area (Å²) in [4.78, 5) is 19.1. The third-order valence-corrected chi connectivity index (χ3v) is 3.63. The summed E-state index contributed by atoms with van der Waals surface area (Å²) in [6.07, 6.45) is 8.81. The van der Waals surface area contributed by atoms with Crippen molar-refractivity contribution in [2.45, 2.75) is 26.2 Å². The van der Waals surface area contributed by atoms with Crippen LogP contribution in [0.25, 0.3) is 5.95 Å². The highest BCUT2D eigenvalue weighted by Crippen LogP contribution is 2.24. The molecule has 1 atom stereocenters. The average Bonchev–Trinajstić information content (AvgIpc) is 3.09. The molecular formula is C13H19N7. The van der Waals surface area contributed by atoms with Gasteiger partial charge in [0.15, 0.2) is 0 Å². The largest absolute Gasteiger partial charge is 0.368 e. The number of imidazole rings is 1. The molecule has 1 unspecified atom stereocenters. The number of aromatic nitrogens is 5. The summed E-state index contributed by atoms with van der Waals surface area (Å²) in [7, 11) is 0. The lowest BCUT2D eigenvalue weighted by Gasteiger charge is -2.17. The van der Waals surface area contributed by atoms with E-state index >= 15 is 0 Å². The molecule has 0 aliphatic carbocycles. The van der Waals surface area contributed by atoms with Crippen LogP contribution in [-0.4, -0.2) is 37.6 Å². The first-order valence-corrected chi connectivity index (χ1v) is 7.01. The summed E-state index contributed by atoms with van der Waals surface area (Å²) in [5.74, 6) is 2.16. The Morgan fingerprint density at radius 2 is 2.15 bits per heavy atom. The quantitative estimate of drug-likeness (QED) is 0.902. The van der Waals surface area contributed by atoms with Gasteiger partial charge in [0.05, 0.1) is 0 Å². The van der Waals surface area contributed by atoms with Gasteiger partial charge in [0.25, 0.3) is 0 Å². The molecule has 0 amide bonds. The minimum absolute atomic E-state index is 0.248. The predicted molar refractivity (Wildman–Crippen MR) is 76.6 cm³/mol. The van der Waals surface area contributed by atoms with Gasteiger partial charge < -0.3 is 10.6 Å². The highest BCUT2D eigenvalue weighted by molar-refractivity contribution is 5.39. The van der Waals surface area contributed by atoms with E-state index in [0.29, 0.717) is 11.9 Å². The fourth-order valence-electron chi connectivity index (χ4n) is 2.66. The third-order valence-electron chi connectivity index (χ3n) is 3.63. The molecule has 0 spiro atoms. The standard InChI is InChI=1S/C13H19N7/c1-2-3-10-4-6-19(8-10)12-16-11(14)17-13(18-12)20-7-5-15-9-20/h5,7,9-10H,2-4,6,8H2,1H3,(H2,14,16,17,18). The number of rotatable bonds is 4. The number of hydrogen-bond donors (Lipinski definition) is 1. The zero-order valence-electron chi connectivity index (χ0n) is 11.6. The van der Waals surface area contributed by atoms with E-state index in [9.17, 15) is 0 Å². The van der Waals surface area contributed by atoms with Crippen molar-refractivity contribution < 1.29 is 0 Å². The molecule has 3 heterocycles. The van der Waals surface area contributed by atoms with Crippen molar-refractivity contribution in [1.29, 1.82) is 0 Å².